The molecule has 0 amide bonds. The zero-order valence-electron chi connectivity index (χ0n) is 9.92. The van der Waals surface area contributed by atoms with E-state index in [1.807, 2.05) is 11.4 Å². The van der Waals surface area contributed by atoms with Gasteiger partial charge in [-0.25, -0.2) is 0 Å². The third-order valence-corrected chi connectivity index (χ3v) is 4.25. The Morgan fingerprint density at radius 3 is 2.62 bits per heavy atom. The van der Waals surface area contributed by atoms with Gasteiger partial charge in [0.25, 0.3) is 0 Å². The van der Waals surface area contributed by atoms with Gasteiger partial charge in [0.2, 0.25) is 0 Å². The average molecular weight is 304 g/mol. The van der Waals surface area contributed by atoms with Crippen molar-refractivity contribution in [2.45, 2.75) is 39.7 Å². The van der Waals surface area contributed by atoms with Crippen LogP contribution in [0.2, 0.25) is 0 Å². The van der Waals surface area contributed by atoms with Gasteiger partial charge in [-0.05, 0) is 27.4 Å². The lowest BCUT2D eigenvalue weighted by molar-refractivity contribution is -0.119. The maximum Gasteiger partial charge on any atom is 0.139 e. The van der Waals surface area contributed by atoms with Gasteiger partial charge in [-0.15, -0.1) is 11.3 Å². The van der Waals surface area contributed by atoms with Crippen molar-refractivity contribution >= 4 is 33.0 Å². The maximum atomic E-state index is 11.8. The number of rotatable bonds is 4. The maximum absolute atomic E-state index is 11.8. The van der Waals surface area contributed by atoms with Crippen LogP contribution < -0.4 is 5.73 Å². The van der Waals surface area contributed by atoms with Crippen LogP contribution in [0.25, 0.3) is 0 Å². The number of Topliss-reactive ketones (excluding diaryl/α,β-unsaturated/α-hetero) is 1. The van der Waals surface area contributed by atoms with E-state index in [0.29, 0.717) is 12.8 Å². The van der Waals surface area contributed by atoms with Gasteiger partial charge in [-0.3, -0.25) is 4.79 Å². The molecule has 0 radical (unpaired) electrons. The molecule has 1 aromatic heterocycles. The third kappa shape index (κ3) is 4.36. The van der Waals surface area contributed by atoms with Crippen molar-refractivity contribution < 1.29 is 4.79 Å². The molecule has 90 valence electrons. The van der Waals surface area contributed by atoms with Crippen LogP contribution in [0.1, 0.15) is 32.1 Å². The molecular weight excluding hydrogens is 286 g/mol. The molecule has 0 aliphatic heterocycles. The summed E-state index contributed by atoms with van der Waals surface area (Å²) in [5, 5.41) is 1.99. The average Bonchev–Trinajstić information content (AvgIpc) is 2.49. The van der Waals surface area contributed by atoms with E-state index in [9.17, 15) is 4.79 Å². The summed E-state index contributed by atoms with van der Waals surface area (Å²) < 4.78 is 1.04. The number of carbonyl (C=O) groups is 1. The molecule has 2 N–H and O–H groups in total. The molecule has 0 saturated carbocycles. The highest BCUT2D eigenvalue weighted by atomic mass is 79.9. The molecule has 0 saturated heterocycles. The Kier molecular flexibility index (Phi) is 4.71. The molecule has 0 aliphatic rings. The summed E-state index contributed by atoms with van der Waals surface area (Å²) >= 11 is 4.98. The molecule has 0 spiro atoms. The third-order valence-electron chi connectivity index (χ3n) is 2.55. The molecule has 1 aromatic rings. The summed E-state index contributed by atoms with van der Waals surface area (Å²) in [4.78, 5) is 12.9. The molecular formula is C12H18BrNOS. The second-order valence-corrected chi connectivity index (χ2v) is 7.03. The second kappa shape index (κ2) is 5.43. The van der Waals surface area contributed by atoms with Crippen LogP contribution in [-0.4, -0.2) is 11.8 Å². The van der Waals surface area contributed by atoms with Gasteiger partial charge >= 0.3 is 0 Å². The zero-order chi connectivity index (χ0) is 12.3. The van der Waals surface area contributed by atoms with E-state index in [1.54, 1.807) is 11.3 Å². The molecule has 4 heteroatoms. The van der Waals surface area contributed by atoms with Crippen LogP contribution in [0.5, 0.6) is 0 Å². The first kappa shape index (κ1) is 13.9. The van der Waals surface area contributed by atoms with E-state index < -0.39 is 0 Å². The quantitative estimate of drug-likeness (QED) is 0.926. The van der Waals surface area contributed by atoms with Gasteiger partial charge in [0.05, 0.1) is 0 Å². The lowest BCUT2D eigenvalue weighted by atomic mass is 9.84. The second-order valence-electron chi connectivity index (χ2n) is 5.12. The Morgan fingerprint density at radius 2 is 2.19 bits per heavy atom. The number of thiophene rings is 1. The number of nitrogens with two attached hydrogens (primary N) is 1. The van der Waals surface area contributed by atoms with E-state index in [2.05, 4.69) is 36.7 Å². The number of hydrogen-bond acceptors (Lipinski definition) is 3. The Labute approximate surface area is 109 Å². The first-order valence-electron chi connectivity index (χ1n) is 5.29. The Morgan fingerprint density at radius 1 is 1.56 bits per heavy atom. The van der Waals surface area contributed by atoms with Gasteiger partial charge in [0.1, 0.15) is 5.78 Å². The van der Waals surface area contributed by atoms with E-state index in [1.165, 1.54) is 0 Å². The van der Waals surface area contributed by atoms with Gasteiger partial charge in [0, 0.05) is 33.6 Å². The Bertz CT molecular complexity index is 367. The summed E-state index contributed by atoms with van der Waals surface area (Å²) in [6, 6.07) is 1.92. The van der Waals surface area contributed by atoms with E-state index in [-0.39, 0.29) is 17.2 Å². The highest BCUT2D eigenvalue weighted by Gasteiger charge is 2.23. The van der Waals surface area contributed by atoms with E-state index in [4.69, 9.17) is 5.73 Å². The molecule has 2 nitrogen and oxygen atoms in total. The largest absolute Gasteiger partial charge is 0.327 e. The van der Waals surface area contributed by atoms with Crippen molar-refractivity contribution in [1.29, 1.82) is 0 Å². The van der Waals surface area contributed by atoms with Crippen molar-refractivity contribution in [2.24, 2.45) is 11.1 Å². The van der Waals surface area contributed by atoms with E-state index >= 15 is 0 Å². The number of halogens is 1. The highest BCUT2D eigenvalue weighted by molar-refractivity contribution is 9.10. The molecule has 0 aromatic carbocycles. The van der Waals surface area contributed by atoms with Crippen LogP contribution in [0.4, 0.5) is 0 Å². The summed E-state index contributed by atoms with van der Waals surface area (Å²) in [5.41, 5.74) is 5.98. The van der Waals surface area contributed by atoms with Crippen LogP contribution in [0.15, 0.2) is 15.9 Å². The van der Waals surface area contributed by atoms with Gasteiger partial charge in [0.15, 0.2) is 0 Å². The van der Waals surface area contributed by atoms with Gasteiger partial charge < -0.3 is 5.73 Å². The van der Waals surface area contributed by atoms with Crippen molar-refractivity contribution in [3.8, 4) is 0 Å². The van der Waals surface area contributed by atoms with Crippen LogP contribution in [0.3, 0.4) is 0 Å². The normalized spacial score (nSPS) is 13.8. The molecule has 1 atom stereocenters. The SMILES string of the molecule is CC(C)(C)C(N)CC(=O)Cc1cc(Br)cs1. The van der Waals surface area contributed by atoms with Gasteiger partial charge in [-0.2, -0.15) is 0 Å². The van der Waals surface area contributed by atoms with Crippen LogP contribution >= 0.6 is 27.3 Å². The fourth-order valence-corrected chi connectivity index (χ4v) is 2.74. The number of hydrogen-bond donors (Lipinski definition) is 1. The predicted octanol–water partition coefficient (Wildman–Crippen LogP) is 3.39. The lowest BCUT2D eigenvalue weighted by Gasteiger charge is -2.26. The Hall–Kier alpha value is -0.190. The van der Waals surface area contributed by atoms with Crippen molar-refractivity contribution in [3.63, 3.8) is 0 Å². The first-order valence-corrected chi connectivity index (χ1v) is 6.96. The molecule has 1 rings (SSSR count). The topological polar surface area (TPSA) is 43.1 Å². The molecule has 1 heterocycles. The minimum Gasteiger partial charge on any atom is -0.327 e. The van der Waals surface area contributed by atoms with Crippen LogP contribution in [0, 0.1) is 5.41 Å². The zero-order valence-corrected chi connectivity index (χ0v) is 12.3. The minimum absolute atomic E-state index is 0.00824. The van der Waals surface area contributed by atoms with Crippen molar-refractivity contribution in [2.75, 3.05) is 0 Å². The molecule has 0 fully saturated rings. The monoisotopic (exact) mass is 303 g/mol. The highest BCUT2D eigenvalue weighted by Crippen LogP contribution is 2.23. The van der Waals surface area contributed by atoms with Crippen LogP contribution in [-0.2, 0) is 11.2 Å². The summed E-state index contributed by atoms with van der Waals surface area (Å²) in [5.74, 6) is 0.219. The van der Waals surface area contributed by atoms with Crippen molar-refractivity contribution in [1.82, 2.24) is 0 Å². The molecule has 1 unspecified atom stereocenters. The van der Waals surface area contributed by atoms with Crippen molar-refractivity contribution in [3.05, 3.63) is 20.8 Å². The minimum atomic E-state index is -0.0663. The number of ketones is 1. The first-order chi connectivity index (χ1) is 7.29. The summed E-state index contributed by atoms with van der Waals surface area (Å²) in [7, 11) is 0. The molecule has 16 heavy (non-hydrogen) atoms. The smallest absolute Gasteiger partial charge is 0.139 e. The fraction of sp³-hybridized carbons (Fsp3) is 0.583. The lowest BCUT2D eigenvalue weighted by Crippen LogP contribution is -2.37. The summed E-state index contributed by atoms with van der Waals surface area (Å²) in [6.07, 6.45) is 0.957. The Balaban J connectivity index is 2.48. The van der Waals surface area contributed by atoms with E-state index in [0.717, 1.165) is 9.35 Å². The summed E-state index contributed by atoms with van der Waals surface area (Å²) in [6.45, 7) is 6.19. The fourth-order valence-electron chi connectivity index (χ4n) is 1.26. The number of carbonyl (C=O) groups excluding carboxylic acids is 1. The standard InChI is InChI=1S/C12H18BrNOS/c1-12(2,3)11(14)6-9(15)5-10-4-8(13)7-16-10/h4,7,11H,5-6,14H2,1-3H3. The molecule has 0 bridgehead atoms. The van der Waals surface area contributed by atoms with Gasteiger partial charge in [-0.1, -0.05) is 20.8 Å². The predicted molar refractivity (Wildman–Crippen MR) is 72.8 cm³/mol. The molecule has 0 aliphatic carbocycles.